The third-order valence-corrected chi connectivity index (χ3v) is 4.81. The monoisotopic (exact) mass is 578 g/mol. The first kappa shape index (κ1) is 34.7. The van der Waals surface area contributed by atoms with Gasteiger partial charge in [-0.25, -0.2) is 17.6 Å². The molecule has 0 aromatic heterocycles. The zero-order chi connectivity index (χ0) is 29.1. The molecule has 0 radical (unpaired) electrons. The largest absolute Gasteiger partial charge is 0.425 e. The number of rotatable bonds is 12. The standard InChI is InChI=1S/C16H18F16O4/c17-8(13(21,22)23)5(7(34)10(19)15(27,28)29)2-4-36-12(35,11(20)16(30,31)32)6(1-3-33)9(18)14(24,25)26/h5-11,33-35H,1-4H2. The van der Waals surface area contributed by atoms with Crippen molar-refractivity contribution in [1.82, 2.24) is 0 Å². The quantitative estimate of drug-likeness (QED) is 0.233. The van der Waals surface area contributed by atoms with Gasteiger partial charge in [-0.3, -0.25) is 0 Å². The lowest BCUT2D eigenvalue weighted by Gasteiger charge is -2.40. The topological polar surface area (TPSA) is 69.9 Å². The summed E-state index contributed by atoms with van der Waals surface area (Å²) in [6.45, 7) is -3.82. The van der Waals surface area contributed by atoms with Gasteiger partial charge in [-0.2, -0.15) is 52.7 Å². The van der Waals surface area contributed by atoms with E-state index < -0.39 is 99.2 Å². The number of hydrogen-bond donors (Lipinski definition) is 3. The SMILES string of the molecule is OCCC(C(F)C(F)(F)F)C(O)(OCCC(C(O)C(F)C(F)(F)F)C(F)C(F)(F)F)C(F)C(F)(F)F. The fourth-order valence-corrected chi connectivity index (χ4v) is 3.03. The van der Waals surface area contributed by atoms with Gasteiger partial charge in [-0.05, 0) is 12.8 Å². The third kappa shape index (κ3) is 8.93. The second kappa shape index (κ2) is 12.1. The average Bonchev–Trinajstić information content (AvgIpc) is 2.69. The smallest absolute Gasteiger partial charge is 0.396 e. The first-order valence-corrected chi connectivity index (χ1v) is 9.31. The molecule has 0 saturated heterocycles. The number of ether oxygens (including phenoxy) is 1. The van der Waals surface area contributed by atoms with Gasteiger partial charge in [-0.1, -0.05) is 0 Å². The molecule has 0 bridgehead atoms. The van der Waals surface area contributed by atoms with Crippen LogP contribution in [-0.2, 0) is 4.74 Å². The van der Waals surface area contributed by atoms with E-state index in [1.807, 2.05) is 0 Å². The van der Waals surface area contributed by atoms with Crippen molar-refractivity contribution in [3.63, 3.8) is 0 Å². The molecule has 0 amide bonds. The molecule has 0 spiro atoms. The molecule has 0 heterocycles. The van der Waals surface area contributed by atoms with Gasteiger partial charge in [0.05, 0.1) is 12.5 Å². The van der Waals surface area contributed by atoms with E-state index in [-0.39, 0.29) is 0 Å². The highest BCUT2D eigenvalue weighted by molar-refractivity contribution is 4.95. The lowest BCUT2D eigenvalue weighted by Crippen LogP contribution is -2.60. The van der Waals surface area contributed by atoms with Crippen molar-refractivity contribution in [3.8, 4) is 0 Å². The molecule has 0 aliphatic rings. The molecule has 0 aliphatic carbocycles. The molecule has 8 unspecified atom stereocenters. The van der Waals surface area contributed by atoms with E-state index >= 15 is 0 Å². The Hall–Kier alpha value is -1.28. The van der Waals surface area contributed by atoms with Gasteiger partial charge >= 0.3 is 24.7 Å². The Morgan fingerprint density at radius 3 is 1.36 bits per heavy atom. The summed E-state index contributed by atoms with van der Waals surface area (Å²) in [4.78, 5) is 0. The van der Waals surface area contributed by atoms with Crippen molar-refractivity contribution in [2.24, 2.45) is 11.8 Å². The predicted molar refractivity (Wildman–Crippen MR) is 84.0 cm³/mol. The van der Waals surface area contributed by atoms with Crippen LogP contribution in [0.4, 0.5) is 70.2 Å². The molecule has 36 heavy (non-hydrogen) atoms. The van der Waals surface area contributed by atoms with Gasteiger partial charge < -0.3 is 20.1 Å². The van der Waals surface area contributed by atoms with Gasteiger partial charge in [-0.15, -0.1) is 0 Å². The first-order chi connectivity index (χ1) is 15.8. The number of aliphatic hydroxyl groups is 3. The van der Waals surface area contributed by atoms with Crippen molar-refractivity contribution in [2.45, 2.75) is 74.1 Å². The highest BCUT2D eigenvalue weighted by Crippen LogP contribution is 2.44. The van der Waals surface area contributed by atoms with Gasteiger partial charge in [0.25, 0.3) is 0 Å². The average molecular weight is 578 g/mol. The van der Waals surface area contributed by atoms with Crippen LogP contribution in [0.5, 0.6) is 0 Å². The molecule has 3 N–H and O–H groups in total. The normalized spacial score (nSPS) is 21.8. The molecule has 0 saturated carbocycles. The van der Waals surface area contributed by atoms with Gasteiger partial charge in [0.15, 0.2) is 0 Å². The summed E-state index contributed by atoms with van der Waals surface area (Å²) >= 11 is 0. The highest BCUT2D eigenvalue weighted by Gasteiger charge is 2.64. The second-order valence-electron chi connectivity index (χ2n) is 7.40. The molecule has 0 rings (SSSR count). The fourth-order valence-electron chi connectivity index (χ4n) is 3.03. The van der Waals surface area contributed by atoms with E-state index in [1.54, 1.807) is 0 Å². The fraction of sp³-hybridized carbons (Fsp3) is 1.00. The molecule has 20 heteroatoms. The lowest BCUT2D eigenvalue weighted by atomic mass is 9.86. The number of alkyl halides is 16. The lowest BCUT2D eigenvalue weighted by molar-refractivity contribution is -0.353. The van der Waals surface area contributed by atoms with Crippen molar-refractivity contribution in [1.29, 1.82) is 0 Å². The molecular formula is C16H18F16O4. The van der Waals surface area contributed by atoms with Crippen LogP contribution in [0.3, 0.4) is 0 Å². The van der Waals surface area contributed by atoms with Crippen molar-refractivity contribution in [3.05, 3.63) is 0 Å². The van der Waals surface area contributed by atoms with Crippen LogP contribution in [0.15, 0.2) is 0 Å². The third-order valence-electron chi connectivity index (χ3n) is 4.81. The first-order valence-electron chi connectivity index (χ1n) is 9.31. The molecule has 0 aliphatic heterocycles. The Morgan fingerprint density at radius 2 is 1.03 bits per heavy atom. The van der Waals surface area contributed by atoms with E-state index in [9.17, 15) is 80.5 Å². The second-order valence-corrected chi connectivity index (χ2v) is 7.40. The molecule has 0 fully saturated rings. The summed E-state index contributed by atoms with van der Waals surface area (Å²) < 4.78 is 210. The molecule has 4 nitrogen and oxygen atoms in total. The van der Waals surface area contributed by atoms with Crippen molar-refractivity contribution >= 4 is 0 Å². The number of hydrogen-bond acceptors (Lipinski definition) is 4. The zero-order valence-corrected chi connectivity index (χ0v) is 17.2. The number of aliphatic hydroxyl groups excluding tert-OH is 2. The summed E-state index contributed by atoms with van der Waals surface area (Å²) in [6.07, 6.45) is -51.2. The Balaban J connectivity index is 6.27. The van der Waals surface area contributed by atoms with Crippen LogP contribution in [0, 0.1) is 11.8 Å². The maximum Gasteiger partial charge on any atom is 0.425 e. The van der Waals surface area contributed by atoms with Crippen LogP contribution >= 0.6 is 0 Å². The summed E-state index contributed by atoms with van der Waals surface area (Å²) in [6, 6.07) is 0. The molecular weight excluding hydrogens is 560 g/mol. The Bertz CT molecular complexity index is 663. The van der Waals surface area contributed by atoms with Gasteiger partial charge in [0.1, 0.15) is 6.10 Å². The van der Waals surface area contributed by atoms with E-state index in [1.165, 1.54) is 0 Å². The van der Waals surface area contributed by atoms with Crippen LogP contribution in [0.2, 0.25) is 0 Å². The Kier molecular flexibility index (Phi) is 11.6. The molecule has 0 aromatic carbocycles. The summed E-state index contributed by atoms with van der Waals surface area (Å²) in [7, 11) is 0. The molecule has 0 aromatic rings. The van der Waals surface area contributed by atoms with Gasteiger partial charge in [0, 0.05) is 12.5 Å². The summed E-state index contributed by atoms with van der Waals surface area (Å²) in [5.41, 5.74) is 0. The Labute approximate surface area is 190 Å². The number of halogens is 16. The minimum Gasteiger partial charge on any atom is -0.396 e. The van der Waals surface area contributed by atoms with E-state index in [4.69, 9.17) is 5.11 Å². The minimum absolute atomic E-state index is 1.64. The van der Waals surface area contributed by atoms with E-state index in [0.29, 0.717) is 0 Å². The zero-order valence-electron chi connectivity index (χ0n) is 17.2. The van der Waals surface area contributed by atoms with Crippen LogP contribution in [0.1, 0.15) is 12.8 Å². The van der Waals surface area contributed by atoms with E-state index in [2.05, 4.69) is 4.74 Å². The summed E-state index contributed by atoms with van der Waals surface area (Å²) in [5, 5.41) is 27.9. The minimum atomic E-state index is -6.35. The molecule has 8 atom stereocenters. The predicted octanol–water partition coefficient (Wildman–Crippen LogP) is 4.66. The maximum atomic E-state index is 14.0. The van der Waals surface area contributed by atoms with Crippen LogP contribution < -0.4 is 0 Å². The van der Waals surface area contributed by atoms with Crippen molar-refractivity contribution < 1.29 is 90.3 Å². The van der Waals surface area contributed by atoms with Crippen molar-refractivity contribution in [2.75, 3.05) is 13.2 Å². The highest BCUT2D eigenvalue weighted by atomic mass is 19.4. The molecule has 218 valence electrons. The summed E-state index contributed by atoms with van der Waals surface area (Å²) in [5.74, 6) is -12.2. The van der Waals surface area contributed by atoms with Gasteiger partial charge in [0.2, 0.25) is 30.5 Å². The van der Waals surface area contributed by atoms with Crippen LogP contribution in [-0.4, -0.2) is 89.8 Å². The van der Waals surface area contributed by atoms with Crippen LogP contribution in [0.25, 0.3) is 0 Å². The maximum absolute atomic E-state index is 14.0. The Morgan fingerprint density at radius 1 is 0.611 bits per heavy atom. The van der Waals surface area contributed by atoms with E-state index in [0.717, 1.165) is 0 Å².